The molecule has 0 aliphatic heterocycles. The van der Waals surface area contributed by atoms with Gasteiger partial charge in [-0.1, -0.05) is 263 Å². The smallest absolute Gasteiger partial charge is 0.462 e. The average Bonchev–Trinajstić information content (AvgIpc) is 0.907. The summed E-state index contributed by atoms with van der Waals surface area (Å²) in [6.45, 7) is 4.61. The number of unbranched alkanes of at least 4 members (excludes halogenated alkanes) is 24. The van der Waals surface area contributed by atoms with Gasteiger partial charge < -0.3 is 33.8 Å². The molecule has 0 aromatic heterocycles. The first-order valence-corrected chi connectivity index (χ1v) is 43.1. The molecular weight excluding hydrogens is 1350 g/mol. The summed E-state index contributed by atoms with van der Waals surface area (Å²) in [6, 6.07) is 0. The van der Waals surface area contributed by atoms with E-state index in [-0.39, 0.29) is 25.7 Å². The number of carbonyl (C=O) groups is 4. The highest BCUT2D eigenvalue weighted by molar-refractivity contribution is 7.47. The van der Waals surface area contributed by atoms with Crippen molar-refractivity contribution >= 4 is 39.5 Å². The molecule has 0 rings (SSSR count). The molecule has 0 bridgehead atoms. The van der Waals surface area contributed by atoms with Gasteiger partial charge in [-0.15, -0.1) is 0 Å². The van der Waals surface area contributed by atoms with Gasteiger partial charge in [-0.2, -0.15) is 0 Å². The fraction of sp³-hybridized carbons (Fsp3) is 0.671. The van der Waals surface area contributed by atoms with E-state index in [1.165, 1.54) is 77.0 Å². The molecule has 17 nitrogen and oxygen atoms in total. The van der Waals surface area contributed by atoms with E-state index in [1.54, 1.807) is 0 Å². The number of esters is 4. The number of hydrogen-bond acceptors (Lipinski definition) is 15. The van der Waals surface area contributed by atoms with Crippen LogP contribution in [-0.4, -0.2) is 96.7 Å². The van der Waals surface area contributed by atoms with Gasteiger partial charge in [0.2, 0.25) is 0 Å². The SMILES string of the molecule is CCCCC/C=C\C/C=C\C/C=C\C/C=C\CCCC(=O)O[C@H](COC(=O)CCCCCCC/C=C\C/C=C\CCCCC)COP(=O)(O)OCC(O)COP(=O)(O)OC[C@@H](COC(=O)CCCCCCC/C=C\C/C=C\CCCCC)OC(=O)CCC/C=C\C/C=C\C/C=C\C/C=C\CCCCC. The van der Waals surface area contributed by atoms with Crippen molar-refractivity contribution in [3.8, 4) is 0 Å². The molecule has 0 fully saturated rings. The molecule has 0 saturated heterocycles. The Morgan fingerprint density at radius 3 is 0.750 bits per heavy atom. The Morgan fingerprint density at radius 2 is 0.481 bits per heavy atom. The van der Waals surface area contributed by atoms with Crippen molar-refractivity contribution in [1.82, 2.24) is 0 Å². The molecule has 594 valence electrons. The molecule has 0 spiro atoms. The number of aliphatic hydroxyl groups excluding tert-OH is 1. The lowest BCUT2D eigenvalue weighted by Gasteiger charge is -2.21. The molecule has 0 aliphatic rings. The van der Waals surface area contributed by atoms with Gasteiger partial charge in [0.25, 0.3) is 0 Å². The Labute approximate surface area is 630 Å². The zero-order valence-electron chi connectivity index (χ0n) is 64.9. The van der Waals surface area contributed by atoms with Crippen LogP contribution in [-0.2, 0) is 65.4 Å². The zero-order chi connectivity index (χ0) is 76.0. The van der Waals surface area contributed by atoms with E-state index in [2.05, 4.69) is 149 Å². The summed E-state index contributed by atoms with van der Waals surface area (Å²) in [5.74, 6) is -2.34. The van der Waals surface area contributed by atoms with Crippen LogP contribution in [0.25, 0.3) is 0 Å². The van der Waals surface area contributed by atoms with Crippen LogP contribution in [0.1, 0.15) is 310 Å². The molecule has 104 heavy (non-hydrogen) atoms. The van der Waals surface area contributed by atoms with Crippen molar-refractivity contribution in [3.63, 3.8) is 0 Å². The number of hydrogen-bond donors (Lipinski definition) is 3. The highest BCUT2D eigenvalue weighted by Gasteiger charge is 2.30. The maximum atomic E-state index is 13.1. The van der Waals surface area contributed by atoms with Crippen molar-refractivity contribution in [2.75, 3.05) is 39.6 Å². The zero-order valence-corrected chi connectivity index (χ0v) is 66.7. The highest BCUT2D eigenvalue weighted by atomic mass is 31.2. The molecule has 0 amide bonds. The summed E-state index contributed by atoms with van der Waals surface area (Å²) < 4.78 is 68.5. The Balaban J connectivity index is 5.50. The van der Waals surface area contributed by atoms with Crippen LogP contribution in [0.2, 0.25) is 0 Å². The minimum absolute atomic E-state index is 0.0105. The van der Waals surface area contributed by atoms with E-state index < -0.39 is 97.5 Å². The van der Waals surface area contributed by atoms with Crippen LogP contribution < -0.4 is 0 Å². The van der Waals surface area contributed by atoms with Gasteiger partial charge in [0.15, 0.2) is 12.2 Å². The molecule has 0 heterocycles. The number of aliphatic hydroxyl groups is 1. The number of carbonyl (C=O) groups excluding carboxylic acids is 4. The second-order valence-electron chi connectivity index (χ2n) is 26.3. The first kappa shape index (κ1) is 98.9. The van der Waals surface area contributed by atoms with E-state index in [0.717, 1.165) is 141 Å². The topological polar surface area (TPSA) is 237 Å². The van der Waals surface area contributed by atoms with E-state index in [9.17, 15) is 43.2 Å². The van der Waals surface area contributed by atoms with Gasteiger partial charge in [0.05, 0.1) is 26.4 Å². The summed E-state index contributed by atoms with van der Waals surface area (Å²) in [7, 11) is -10.0. The maximum Gasteiger partial charge on any atom is 0.472 e. The van der Waals surface area contributed by atoms with E-state index in [4.69, 9.17) is 37.0 Å². The lowest BCUT2D eigenvalue weighted by atomic mass is 10.1. The van der Waals surface area contributed by atoms with Crippen molar-refractivity contribution in [1.29, 1.82) is 0 Å². The standard InChI is InChI=1S/C85H142O17P2/c1-5-9-13-17-21-25-29-33-37-39-43-47-51-55-59-63-67-71-84(89)101-80(75-95-82(87)69-65-61-57-53-49-45-41-35-31-27-23-19-15-11-7-3)77-99-103(91,92)97-73-79(86)74-98-104(93,94)100-78-81(76-96-83(88)70-66-62-58-54-50-46-42-36-32-28-24-20-16-12-8-4)102-85(90)72-68-64-60-56-52-48-44-40-38-34-30-26-22-18-14-10-6-2/h21-28,33-38,41-44,47-48,55-56,59-60,79-81,86H,5-20,29-32,39-40,45-46,49-54,57-58,61-78H2,1-4H3,(H,91,92)(H,93,94)/b25-21-,26-22-,27-23-,28-24-,37-33-,38-34-,41-35-,42-36-,47-43-,48-44-,59-55-,60-56-/t80-,81-/m1/s1. The minimum Gasteiger partial charge on any atom is -0.462 e. The Hall–Kier alpha value is -5.06. The molecule has 0 aromatic rings. The third-order valence-corrected chi connectivity index (χ3v) is 18.1. The Kier molecular flexibility index (Phi) is 72.4. The van der Waals surface area contributed by atoms with Crippen LogP contribution in [0.15, 0.2) is 146 Å². The van der Waals surface area contributed by atoms with Gasteiger partial charge in [0.1, 0.15) is 19.3 Å². The molecule has 0 aliphatic carbocycles. The molecule has 19 heteroatoms. The monoisotopic (exact) mass is 1500 g/mol. The van der Waals surface area contributed by atoms with Gasteiger partial charge >= 0.3 is 39.5 Å². The van der Waals surface area contributed by atoms with Gasteiger partial charge in [-0.3, -0.25) is 37.3 Å². The van der Waals surface area contributed by atoms with Crippen LogP contribution in [0.3, 0.4) is 0 Å². The summed E-state index contributed by atoms with van der Waals surface area (Å²) in [4.78, 5) is 73.0. The number of phosphoric ester groups is 2. The number of ether oxygens (including phenoxy) is 4. The first-order chi connectivity index (χ1) is 50.7. The summed E-state index contributed by atoms with van der Waals surface area (Å²) >= 11 is 0. The quantitative estimate of drug-likeness (QED) is 0.0169. The second kappa shape index (κ2) is 76.1. The van der Waals surface area contributed by atoms with Gasteiger partial charge in [-0.25, -0.2) is 9.13 Å². The van der Waals surface area contributed by atoms with Crippen molar-refractivity contribution in [2.45, 2.75) is 329 Å². The van der Waals surface area contributed by atoms with Gasteiger partial charge in [-0.05, 0) is 167 Å². The van der Waals surface area contributed by atoms with Crippen molar-refractivity contribution in [3.05, 3.63) is 146 Å². The lowest BCUT2D eigenvalue weighted by Crippen LogP contribution is -2.30. The third kappa shape index (κ3) is 75.2. The normalized spacial score (nSPS) is 14.6. The molecular formula is C85H142O17P2. The number of allylic oxidation sites excluding steroid dienone is 24. The molecule has 2 unspecified atom stereocenters. The van der Waals surface area contributed by atoms with Crippen molar-refractivity contribution < 1.29 is 80.2 Å². The van der Waals surface area contributed by atoms with Gasteiger partial charge in [0, 0.05) is 25.7 Å². The summed E-state index contributed by atoms with van der Waals surface area (Å²) in [5.41, 5.74) is 0. The first-order valence-electron chi connectivity index (χ1n) is 40.1. The van der Waals surface area contributed by atoms with Crippen LogP contribution >= 0.6 is 15.6 Å². The predicted molar refractivity (Wildman–Crippen MR) is 427 cm³/mol. The largest absolute Gasteiger partial charge is 0.472 e. The number of phosphoric acid groups is 2. The highest BCUT2D eigenvalue weighted by Crippen LogP contribution is 2.45. The summed E-state index contributed by atoms with van der Waals surface area (Å²) in [5, 5.41) is 10.6. The third-order valence-electron chi connectivity index (χ3n) is 16.2. The number of rotatable bonds is 74. The van der Waals surface area contributed by atoms with Crippen LogP contribution in [0, 0.1) is 0 Å². The van der Waals surface area contributed by atoms with Crippen LogP contribution in [0.5, 0.6) is 0 Å². The fourth-order valence-corrected chi connectivity index (χ4v) is 11.7. The van der Waals surface area contributed by atoms with E-state index >= 15 is 0 Å². The molecule has 0 aromatic carbocycles. The Morgan fingerprint density at radius 1 is 0.269 bits per heavy atom. The Bertz CT molecular complexity index is 2370. The van der Waals surface area contributed by atoms with Crippen molar-refractivity contribution in [2.24, 2.45) is 0 Å². The van der Waals surface area contributed by atoms with E-state index in [1.807, 2.05) is 24.3 Å². The molecule has 0 saturated carbocycles. The van der Waals surface area contributed by atoms with E-state index in [0.29, 0.717) is 38.5 Å². The molecule has 0 radical (unpaired) electrons. The molecule has 4 atom stereocenters. The minimum atomic E-state index is -5.00. The lowest BCUT2D eigenvalue weighted by molar-refractivity contribution is -0.161. The maximum absolute atomic E-state index is 13.1. The molecule has 3 N–H and O–H groups in total. The fourth-order valence-electron chi connectivity index (χ4n) is 10.1. The average molecular weight is 1500 g/mol. The summed E-state index contributed by atoms with van der Waals surface area (Å²) in [6.07, 6.45) is 86.9. The second-order valence-corrected chi connectivity index (χ2v) is 29.2. The van der Waals surface area contributed by atoms with Crippen LogP contribution in [0.4, 0.5) is 0 Å². The predicted octanol–water partition coefficient (Wildman–Crippen LogP) is 23.4.